The molecule has 4 nitrogen and oxygen atoms in total. The first kappa shape index (κ1) is 52.7. The van der Waals surface area contributed by atoms with Gasteiger partial charge in [-0.3, -0.25) is 0 Å². The second-order valence-electron chi connectivity index (χ2n) is 24.9. The van der Waals surface area contributed by atoms with Crippen molar-refractivity contribution in [2.75, 3.05) is 38.0 Å². The number of fused-ring (bicyclic) bond motifs is 8. The van der Waals surface area contributed by atoms with Crippen molar-refractivity contribution >= 4 is 55.7 Å². The third-order valence-electron chi connectivity index (χ3n) is 19.1. The Kier molecular flexibility index (Phi) is 13.2. The average Bonchev–Trinajstić information content (AvgIpc) is 4.13. The Bertz CT molecular complexity index is 3820. The minimum atomic E-state index is -0.176. The fourth-order valence-electron chi connectivity index (χ4n) is 15.0. The summed E-state index contributed by atoms with van der Waals surface area (Å²) in [6.07, 6.45) is 27.3. The lowest BCUT2D eigenvalue weighted by Crippen LogP contribution is -2.27. The highest BCUT2D eigenvalue weighted by Gasteiger charge is 2.46. The summed E-state index contributed by atoms with van der Waals surface area (Å²) in [4.78, 5) is 4.88. The van der Waals surface area contributed by atoms with Crippen molar-refractivity contribution in [3.8, 4) is 0 Å². The molecule has 2 aliphatic carbocycles. The molecule has 0 amide bonds. The fraction of sp³-hybridized carbons (Fsp3) is 0.324. The molecule has 78 heavy (non-hydrogen) atoms. The molecule has 0 unspecified atom stereocenters. The van der Waals surface area contributed by atoms with Crippen LogP contribution in [0.2, 0.25) is 0 Å². The molecule has 4 heteroatoms. The van der Waals surface area contributed by atoms with Gasteiger partial charge in [-0.15, -0.1) is 0 Å². The first-order chi connectivity index (χ1) is 36.9. The van der Waals surface area contributed by atoms with Gasteiger partial charge >= 0.3 is 0 Å². The zero-order valence-corrected chi connectivity index (χ0v) is 47.9. The third kappa shape index (κ3) is 8.31. The van der Waals surface area contributed by atoms with Gasteiger partial charge in [0.15, 0.2) is 11.4 Å². The standard InChI is InChI=1S/C73H78N4.CH4/c1-70(2)58-31-17-19-33-60(58)74(9)64(70)43-37-50-25-21-26-51(38-44-65-71(3,4)59-32-18-20-34-61(59)75(65)10)56(50)47-57-52(39-45-66-72(5,6)68-54-29-15-13-23-48(54)35-41-62(68)76(66)11)27-22-28-53(57)40-46-67-73(7,8)69-55-30-16-14-24-49(55)36-42-63(69)77(67)12;/h13-20,23-24,29-46H,21-22,25-28,47H2,1-12H3;1H4/q+2;. The van der Waals surface area contributed by atoms with E-state index in [-0.39, 0.29) is 29.1 Å². The lowest BCUT2D eigenvalue weighted by Gasteiger charge is -2.28. The lowest BCUT2D eigenvalue weighted by atomic mass is 9.76. The number of likely N-dealkylation sites (N-methyl/N-ethyl adjacent to an activating group) is 2. The summed E-state index contributed by atoms with van der Waals surface area (Å²) >= 11 is 0. The van der Waals surface area contributed by atoms with E-state index in [9.17, 15) is 0 Å². The predicted molar refractivity (Wildman–Crippen MR) is 335 cm³/mol. The van der Waals surface area contributed by atoms with Gasteiger partial charge in [-0.05, 0) is 169 Å². The molecule has 0 atom stereocenters. The molecule has 0 fully saturated rings. The van der Waals surface area contributed by atoms with Crippen LogP contribution in [0.4, 0.5) is 22.7 Å². The van der Waals surface area contributed by atoms with Crippen LogP contribution in [0, 0.1) is 0 Å². The van der Waals surface area contributed by atoms with Gasteiger partial charge in [-0.1, -0.05) is 150 Å². The van der Waals surface area contributed by atoms with Gasteiger partial charge in [0.1, 0.15) is 14.1 Å². The molecular formula is C74H82N4+2. The Morgan fingerprint density at radius 1 is 0.436 bits per heavy atom. The highest BCUT2D eigenvalue weighted by Crippen LogP contribution is 2.52. The SMILES string of the molecule is C.CN1C(=CC=C2CCCC(C=CC3=[N+](C)c4ccccc4C3(C)C)=C2CC2=C(C=CC3=[N+](C)c4ccc5ccccc5c4C3(C)C)CCCC2=CC=C2N(C)c3ccc4ccccc4c3C2(C)C)C(C)(C)c2ccccc21. The molecule has 6 aromatic rings. The molecule has 0 bridgehead atoms. The lowest BCUT2D eigenvalue weighted by molar-refractivity contribution is -0.401. The Morgan fingerprint density at radius 2 is 0.923 bits per heavy atom. The van der Waals surface area contributed by atoms with E-state index in [0.717, 1.165) is 44.9 Å². The van der Waals surface area contributed by atoms with Gasteiger partial charge in [0.2, 0.25) is 11.4 Å². The molecule has 0 saturated heterocycles. The second kappa shape index (κ2) is 19.6. The maximum absolute atomic E-state index is 2.53. The Labute approximate surface area is 466 Å². The molecule has 12 rings (SSSR count). The van der Waals surface area contributed by atoms with Gasteiger partial charge in [0, 0.05) is 83.1 Å². The summed E-state index contributed by atoms with van der Waals surface area (Å²) in [5, 5.41) is 5.30. The second-order valence-corrected chi connectivity index (χ2v) is 24.9. The van der Waals surface area contributed by atoms with Crippen molar-refractivity contribution in [3.05, 3.63) is 237 Å². The first-order valence-electron chi connectivity index (χ1n) is 28.5. The number of allylic oxidation sites excluding steroid dienone is 16. The highest BCUT2D eigenvalue weighted by atomic mass is 15.2. The largest absolute Gasteiger partial charge is 0.347 e. The molecule has 0 aromatic heterocycles. The summed E-state index contributed by atoms with van der Waals surface area (Å²) in [6.45, 7) is 19.3. The van der Waals surface area contributed by atoms with Gasteiger partial charge in [-0.2, -0.15) is 9.15 Å². The molecular weight excluding hydrogens is 945 g/mol. The van der Waals surface area contributed by atoms with Crippen LogP contribution in [-0.4, -0.2) is 48.8 Å². The zero-order valence-electron chi connectivity index (χ0n) is 47.9. The quantitative estimate of drug-likeness (QED) is 0.141. The smallest absolute Gasteiger partial charge is 0.210 e. The van der Waals surface area contributed by atoms with Crippen molar-refractivity contribution in [1.82, 2.24) is 0 Å². The highest BCUT2D eigenvalue weighted by molar-refractivity contribution is 6.08. The maximum atomic E-state index is 2.53. The number of benzene rings is 6. The topological polar surface area (TPSA) is 12.5 Å². The molecule has 4 aliphatic heterocycles. The molecule has 4 heterocycles. The minimum Gasteiger partial charge on any atom is -0.347 e. The van der Waals surface area contributed by atoms with E-state index in [0.29, 0.717) is 0 Å². The van der Waals surface area contributed by atoms with E-state index in [1.807, 2.05) is 0 Å². The first-order valence-corrected chi connectivity index (χ1v) is 28.5. The molecule has 0 N–H and O–H groups in total. The summed E-state index contributed by atoms with van der Waals surface area (Å²) in [7, 11) is 9.05. The summed E-state index contributed by atoms with van der Waals surface area (Å²) in [5.41, 5.74) is 24.4. The molecule has 0 spiro atoms. The normalized spacial score (nSPS) is 22.2. The van der Waals surface area contributed by atoms with Crippen molar-refractivity contribution in [3.63, 3.8) is 0 Å². The van der Waals surface area contributed by atoms with Crippen LogP contribution in [0.1, 0.15) is 130 Å². The van der Waals surface area contributed by atoms with Crippen LogP contribution in [-0.2, 0) is 21.7 Å². The van der Waals surface area contributed by atoms with E-state index < -0.39 is 0 Å². The number of hydrogen-bond acceptors (Lipinski definition) is 2. The number of anilines is 2. The minimum absolute atomic E-state index is 0. The molecule has 0 saturated carbocycles. The summed E-state index contributed by atoms with van der Waals surface area (Å²) < 4.78 is 4.88. The Hall–Kier alpha value is -7.30. The predicted octanol–water partition coefficient (Wildman–Crippen LogP) is 18.3. The summed E-state index contributed by atoms with van der Waals surface area (Å²) in [5.74, 6) is 0. The molecule has 6 aromatic carbocycles. The number of hydrogen-bond donors (Lipinski definition) is 0. The fourth-order valence-corrected chi connectivity index (χ4v) is 15.0. The third-order valence-corrected chi connectivity index (χ3v) is 19.1. The summed E-state index contributed by atoms with van der Waals surface area (Å²) in [6, 6.07) is 45.0. The van der Waals surface area contributed by atoms with Gasteiger partial charge in [-0.25, -0.2) is 0 Å². The van der Waals surface area contributed by atoms with E-state index in [1.54, 1.807) is 0 Å². The van der Waals surface area contributed by atoms with E-state index >= 15 is 0 Å². The molecule has 0 radical (unpaired) electrons. The van der Waals surface area contributed by atoms with Crippen LogP contribution in [0.25, 0.3) is 21.5 Å². The number of rotatable bonds is 8. The van der Waals surface area contributed by atoms with Gasteiger partial charge in [0.25, 0.3) is 0 Å². The number of para-hydroxylation sites is 2. The van der Waals surface area contributed by atoms with Crippen LogP contribution < -0.4 is 9.80 Å². The molecule has 6 aliphatic rings. The monoisotopic (exact) mass is 1030 g/mol. The Morgan fingerprint density at radius 3 is 1.53 bits per heavy atom. The van der Waals surface area contributed by atoms with Gasteiger partial charge < -0.3 is 9.80 Å². The van der Waals surface area contributed by atoms with E-state index in [4.69, 9.17) is 0 Å². The molecule has 396 valence electrons. The van der Waals surface area contributed by atoms with E-state index in [1.165, 1.54) is 123 Å². The Balaban J connectivity index is 0.00000645. The van der Waals surface area contributed by atoms with Crippen LogP contribution in [0.3, 0.4) is 0 Å². The number of nitrogens with zero attached hydrogens (tertiary/aromatic N) is 4. The maximum Gasteiger partial charge on any atom is 0.210 e. The van der Waals surface area contributed by atoms with Crippen LogP contribution in [0.15, 0.2) is 215 Å². The van der Waals surface area contributed by atoms with Crippen molar-refractivity contribution in [2.24, 2.45) is 0 Å². The van der Waals surface area contributed by atoms with Crippen LogP contribution in [0.5, 0.6) is 0 Å². The van der Waals surface area contributed by atoms with Crippen LogP contribution >= 0.6 is 0 Å². The zero-order chi connectivity index (χ0) is 53.8. The van der Waals surface area contributed by atoms with Crippen molar-refractivity contribution in [1.29, 1.82) is 0 Å². The van der Waals surface area contributed by atoms with Crippen molar-refractivity contribution in [2.45, 2.75) is 129 Å². The average molecular weight is 1030 g/mol. The van der Waals surface area contributed by atoms with Gasteiger partial charge in [0.05, 0.1) is 10.8 Å². The van der Waals surface area contributed by atoms with E-state index in [2.05, 4.69) is 272 Å². The van der Waals surface area contributed by atoms with Crippen molar-refractivity contribution < 1.29 is 9.15 Å².